The van der Waals surface area contributed by atoms with E-state index in [1.807, 2.05) is 47.4 Å². The number of hydrogen-bond acceptors (Lipinski definition) is 4. The molecule has 1 amide bonds. The Kier molecular flexibility index (Phi) is 5.80. The van der Waals surface area contributed by atoms with E-state index in [-0.39, 0.29) is 11.7 Å². The average Bonchev–Trinajstić information content (AvgIpc) is 2.83. The van der Waals surface area contributed by atoms with Crippen LogP contribution in [-0.2, 0) is 0 Å². The maximum absolute atomic E-state index is 13.3. The summed E-state index contributed by atoms with van der Waals surface area (Å²) in [5.41, 5.74) is 2.52. The van der Waals surface area contributed by atoms with Crippen molar-refractivity contribution in [1.29, 1.82) is 0 Å². The van der Waals surface area contributed by atoms with Crippen LogP contribution in [0.25, 0.3) is 0 Å². The second-order valence-corrected chi connectivity index (χ2v) is 7.19. The molecular weight excluding hydrogens is 376 g/mol. The second-order valence-electron chi connectivity index (χ2n) is 7.19. The number of benzene rings is 3. The van der Waals surface area contributed by atoms with Crippen LogP contribution in [-0.4, -0.2) is 49.9 Å². The summed E-state index contributed by atoms with van der Waals surface area (Å²) >= 11 is 0. The van der Waals surface area contributed by atoms with Crippen molar-refractivity contribution in [3.05, 3.63) is 95.6 Å². The average molecular weight is 400 g/mol. The molecule has 3 aromatic carbocycles. The summed E-state index contributed by atoms with van der Waals surface area (Å²) in [6, 6.07) is 24.1. The number of anilines is 1. The first kappa shape index (κ1) is 19.7. The number of piperazine rings is 1. The van der Waals surface area contributed by atoms with E-state index < -0.39 is 0 Å². The first-order valence-electron chi connectivity index (χ1n) is 10.0. The number of para-hydroxylation sites is 2. The predicted octanol–water partition coefficient (Wildman–Crippen LogP) is 3.89. The first-order valence-corrected chi connectivity index (χ1v) is 10.0. The van der Waals surface area contributed by atoms with E-state index in [9.17, 15) is 9.59 Å². The molecule has 5 nitrogen and oxygen atoms in total. The van der Waals surface area contributed by atoms with Gasteiger partial charge in [0.15, 0.2) is 5.78 Å². The SMILES string of the molecule is COc1ccccc1N1CCN(C(=O)c2ccccc2C(=O)c2ccccc2)CC1. The molecule has 0 N–H and O–H groups in total. The fourth-order valence-electron chi connectivity index (χ4n) is 3.82. The van der Waals surface area contributed by atoms with Gasteiger partial charge in [-0.05, 0) is 18.2 Å². The number of nitrogens with zero attached hydrogens (tertiary/aromatic N) is 2. The Hall–Kier alpha value is -3.60. The summed E-state index contributed by atoms with van der Waals surface area (Å²) in [5.74, 6) is 0.595. The maximum Gasteiger partial charge on any atom is 0.254 e. The number of amides is 1. The van der Waals surface area contributed by atoms with Gasteiger partial charge in [0.2, 0.25) is 0 Å². The number of rotatable bonds is 5. The minimum absolute atomic E-state index is 0.102. The molecule has 0 unspecified atom stereocenters. The molecule has 0 saturated carbocycles. The van der Waals surface area contributed by atoms with Crippen molar-refractivity contribution in [1.82, 2.24) is 4.90 Å². The van der Waals surface area contributed by atoms with E-state index in [1.165, 1.54) is 0 Å². The van der Waals surface area contributed by atoms with E-state index in [0.29, 0.717) is 42.9 Å². The van der Waals surface area contributed by atoms with Crippen LogP contribution in [0.1, 0.15) is 26.3 Å². The third kappa shape index (κ3) is 3.92. The van der Waals surface area contributed by atoms with Gasteiger partial charge in [-0.1, -0.05) is 60.7 Å². The molecule has 0 atom stereocenters. The van der Waals surface area contributed by atoms with Gasteiger partial charge in [-0.25, -0.2) is 0 Å². The number of hydrogen-bond donors (Lipinski definition) is 0. The molecule has 1 aliphatic rings. The highest BCUT2D eigenvalue weighted by Gasteiger charge is 2.26. The van der Waals surface area contributed by atoms with Gasteiger partial charge in [0.1, 0.15) is 5.75 Å². The van der Waals surface area contributed by atoms with Crippen molar-refractivity contribution >= 4 is 17.4 Å². The molecule has 152 valence electrons. The molecule has 0 aliphatic carbocycles. The lowest BCUT2D eigenvalue weighted by atomic mass is 9.97. The molecule has 3 aromatic rings. The Labute approximate surface area is 176 Å². The lowest BCUT2D eigenvalue weighted by Gasteiger charge is -2.36. The van der Waals surface area contributed by atoms with Gasteiger partial charge >= 0.3 is 0 Å². The molecule has 1 saturated heterocycles. The van der Waals surface area contributed by atoms with Gasteiger partial charge in [0, 0.05) is 37.3 Å². The van der Waals surface area contributed by atoms with Crippen LogP contribution in [0.5, 0.6) is 5.75 Å². The highest BCUT2D eigenvalue weighted by molar-refractivity contribution is 6.15. The Bertz CT molecular complexity index is 1040. The van der Waals surface area contributed by atoms with Gasteiger partial charge in [0.05, 0.1) is 18.4 Å². The van der Waals surface area contributed by atoms with Crippen LogP contribution in [0, 0.1) is 0 Å². The van der Waals surface area contributed by atoms with Gasteiger partial charge in [-0.15, -0.1) is 0 Å². The molecule has 1 aliphatic heterocycles. The van der Waals surface area contributed by atoms with E-state index >= 15 is 0 Å². The summed E-state index contributed by atoms with van der Waals surface area (Å²) in [5, 5.41) is 0. The molecule has 0 aromatic heterocycles. The normalized spacial score (nSPS) is 13.8. The standard InChI is InChI=1S/C25H24N2O3/c1-30-23-14-8-7-13-22(23)26-15-17-27(18-16-26)25(29)21-12-6-5-11-20(21)24(28)19-9-3-2-4-10-19/h2-14H,15-18H2,1H3. The maximum atomic E-state index is 13.3. The predicted molar refractivity (Wildman–Crippen MR) is 117 cm³/mol. The van der Waals surface area contributed by atoms with Crippen molar-refractivity contribution in [3.63, 3.8) is 0 Å². The number of methoxy groups -OCH3 is 1. The Morgan fingerprint density at radius 3 is 2.03 bits per heavy atom. The molecule has 5 heteroatoms. The van der Waals surface area contributed by atoms with Crippen molar-refractivity contribution in [2.75, 3.05) is 38.2 Å². The van der Waals surface area contributed by atoms with Crippen molar-refractivity contribution in [2.45, 2.75) is 0 Å². The fraction of sp³-hybridized carbons (Fsp3) is 0.200. The van der Waals surface area contributed by atoms with E-state index in [0.717, 1.165) is 11.4 Å². The first-order chi connectivity index (χ1) is 14.7. The molecule has 30 heavy (non-hydrogen) atoms. The van der Waals surface area contributed by atoms with Crippen LogP contribution in [0.2, 0.25) is 0 Å². The summed E-state index contributed by atoms with van der Waals surface area (Å²) in [6.45, 7) is 2.59. The lowest BCUT2D eigenvalue weighted by Crippen LogP contribution is -2.49. The van der Waals surface area contributed by atoms with E-state index in [2.05, 4.69) is 4.90 Å². The minimum atomic E-state index is -0.132. The van der Waals surface area contributed by atoms with Crippen molar-refractivity contribution in [2.24, 2.45) is 0 Å². The van der Waals surface area contributed by atoms with E-state index in [1.54, 1.807) is 43.5 Å². The Morgan fingerprint density at radius 2 is 1.33 bits per heavy atom. The zero-order valence-electron chi connectivity index (χ0n) is 17.0. The monoisotopic (exact) mass is 400 g/mol. The Balaban J connectivity index is 1.51. The minimum Gasteiger partial charge on any atom is -0.495 e. The van der Waals surface area contributed by atoms with Crippen molar-refractivity contribution in [3.8, 4) is 5.75 Å². The molecule has 4 rings (SSSR count). The van der Waals surface area contributed by atoms with Gasteiger partial charge in [-0.2, -0.15) is 0 Å². The van der Waals surface area contributed by atoms with Crippen LogP contribution in [0.3, 0.4) is 0 Å². The van der Waals surface area contributed by atoms with Crippen molar-refractivity contribution < 1.29 is 14.3 Å². The van der Waals surface area contributed by atoms with Crippen LogP contribution in [0.15, 0.2) is 78.9 Å². The third-order valence-electron chi connectivity index (χ3n) is 5.43. The van der Waals surface area contributed by atoms with Crippen LogP contribution < -0.4 is 9.64 Å². The number of carbonyl (C=O) groups excluding carboxylic acids is 2. The second kappa shape index (κ2) is 8.82. The molecule has 0 spiro atoms. The third-order valence-corrected chi connectivity index (χ3v) is 5.43. The largest absolute Gasteiger partial charge is 0.495 e. The fourth-order valence-corrected chi connectivity index (χ4v) is 3.82. The number of ketones is 1. The van der Waals surface area contributed by atoms with Gasteiger partial charge < -0.3 is 14.5 Å². The number of carbonyl (C=O) groups is 2. The van der Waals surface area contributed by atoms with Crippen LogP contribution in [0.4, 0.5) is 5.69 Å². The summed E-state index contributed by atoms with van der Waals surface area (Å²) in [4.78, 5) is 30.3. The summed E-state index contributed by atoms with van der Waals surface area (Å²) in [6.07, 6.45) is 0. The zero-order chi connectivity index (χ0) is 20.9. The summed E-state index contributed by atoms with van der Waals surface area (Å²) in [7, 11) is 1.67. The summed E-state index contributed by atoms with van der Waals surface area (Å²) < 4.78 is 5.47. The van der Waals surface area contributed by atoms with E-state index in [4.69, 9.17) is 4.74 Å². The lowest BCUT2D eigenvalue weighted by molar-refractivity contribution is 0.0742. The molecule has 0 bridgehead atoms. The molecule has 0 radical (unpaired) electrons. The highest BCUT2D eigenvalue weighted by atomic mass is 16.5. The molecule has 1 fully saturated rings. The van der Waals surface area contributed by atoms with Crippen LogP contribution >= 0.6 is 0 Å². The van der Waals surface area contributed by atoms with Gasteiger partial charge in [-0.3, -0.25) is 9.59 Å². The molecule has 1 heterocycles. The van der Waals surface area contributed by atoms with Gasteiger partial charge in [0.25, 0.3) is 5.91 Å². The topological polar surface area (TPSA) is 49.9 Å². The molecular formula is C25H24N2O3. The smallest absolute Gasteiger partial charge is 0.254 e. The highest BCUT2D eigenvalue weighted by Crippen LogP contribution is 2.28. The quantitative estimate of drug-likeness (QED) is 0.610. The zero-order valence-corrected chi connectivity index (χ0v) is 17.0. The number of ether oxygens (including phenoxy) is 1. The Morgan fingerprint density at radius 1 is 0.733 bits per heavy atom.